The molecule has 0 aliphatic carbocycles. The number of carboxylic acids is 1. The van der Waals surface area contributed by atoms with Crippen molar-refractivity contribution in [2.45, 2.75) is 6.92 Å². The summed E-state index contributed by atoms with van der Waals surface area (Å²) in [5, 5.41) is 8.55. The Morgan fingerprint density at radius 1 is 1.47 bits per heavy atom. The molecule has 0 unspecified atom stereocenters. The maximum absolute atomic E-state index is 10.4. The van der Waals surface area contributed by atoms with Crippen LogP contribution in [0.4, 0.5) is 0 Å². The Hall–Kier alpha value is -1.86. The maximum Gasteiger partial charge on any atom is 0.358 e. The van der Waals surface area contributed by atoms with Crippen molar-refractivity contribution in [1.29, 1.82) is 0 Å². The van der Waals surface area contributed by atoms with Crippen LogP contribution in [0.15, 0.2) is 18.3 Å². The summed E-state index contributed by atoms with van der Waals surface area (Å²) in [4.78, 5) is 24.1. The van der Waals surface area contributed by atoms with Crippen molar-refractivity contribution in [3.8, 4) is 5.75 Å². The van der Waals surface area contributed by atoms with Crippen LogP contribution in [-0.4, -0.2) is 42.3 Å². The number of pyridine rings is 1. The fourth-order valence-corrected chi connectivity index (χ4v) is 0.936. The van der Waals surface area contributed by atoms with E-state index in [4.69, 9.17) is 15.6 Å². The highest BCUT2D eigenvalue weighted by molar-refractivity contribution is 5.88. The monoisotopic (exact) mass is 292 g/mol. The number of methoxy groups -OCH3 is 1. The van der Waals surface area contributed by atoms with Crippen molar-refractivity contribution in [1.82, 2.24) is 4.98 Å². The second kappa shape index (κ2) is 11.2. The van der Waals surface area contributed by atoms with Gasteiger partial charge in [0, 0.05) is 6.20 Å². The van der Waals surface area contributed by atoms with Crippen molar-refractivity contribution in [3.63, 3.8) is 0 Å². The third-order valence-electron chi connectivity index (χ3n) is 1.67. The first kappa shape index (κ1) is 19.5. The smallest absolute Gasteiger partial charge is 0.358 e. The van der Waals surface area contributed by atoms with E-state index in [9.17, 15) is 9.59 Å². The second-order valence-corrected chi connectivity index (χ2v) is 2.87. The Balaban J connectivity index is 0. The number of carboxylic acid groups (broad SMARTS) is 1. The number of hydrogen-bond acceptors (Lipinski definition) is 6. The zero-order valence-electron chi connectivity index (χ0n) is 10.7. The van der Waals surface area contributed by atoms with Crippen molar-refractivity contribution in [3.05, 3.63) is 24.0 Å². The largest absolute Gasteiger partial charge is 0.494 e. The van der Waals surface area contributed by atoms with Gasteiger partial charge in [-0.3, -0.25) is 4.79 Å². The minimum atomic E-state index is -1.08. The van der Waals surface area contributed by atoms with Crippen LogP contribution < -0.4 is 10.5 Å². The van der Waals surface area contributed by atoms with Crippen LogP contribution in [0.5, 0.6) is 5.75 Å². The minimum Gasteiger partial charge on any atom is -0.494 e. The lowest BCUT2D eigenvalue weighted by Crippen LogP contribution is -2.16. The quantitative estimate of drug-likeness (QED) is 0.786. The highest BCUT2D eigenvalue weighted by atomic mass is 35.5. The Bertz CT molecular complexity index is 400. The summed E-state index contributed by atoms with van der Waals surface area (Å²) in [5.74, 6) is -1.15. The highest BCUT2D eigenvalue weighted by Crippen LogP contribution is 2.13. The second-order valence-electron chi connectivity index (χ2n) is 2.87. The molecule has 1 aromatic rings. The SMILES string of the molecule is CCOC(=O)CN.COc1cccnc1C(=O)O.Cl. The summed E-state index contributed by atoms with van der Waals surface area (Å²) >= 11 is 0. The van der Waals surface area contributed by atoms with E-state index in [1.54, 1.807) is 19.1 Å². The Morgan fingerprint density at radius 2 is 2.11 bits per heavy atom. The van der Waals surface area contributed by atoms with E-state index < -0.39 is 5.97 Å². The van der Waals surface area contributed by atoms with E-state index in [1.807, 2.05) is 0 Å². The molecule has 8 heteroatoms. The standard InChI is InChI=1S/C7H7NO3.C4H9NO2.ClH/c1-11-5-3-2-4-8-6(5)7(9)10;1-2-7-4(6)3-5;/h2-4H,1H3,(H,9,10);2-3,5H2,1H3;1H. The van der Waals surface area contributed by atoms with Gasteiger partial charge in [-0.05, 0) is 19.1 Å². The van der Waals surface area contributed by atoms with Gasteiger partial charge in [-0.2, -0.15) is 0 Å². The first-order valence-corrected chi connectivity index (χ1v) is 5.14. The first-order valence-electron chi connectivity index (χ1n) is 5.14. The van der Waals surface area contributed by atoms with Crippen LogP contribution in [-0.2, 0) is 9.53 Å². The number of aromatic carboxylic acids is 1. The molecular formula is C11H17ClN2O5. The van der Waals surface area contributed by atoms with Crippen molar-refractivity contribution < 1.29 is 24.2 Å². The summed E-state index contributed by atoms with van der Waals surface area (Å²) in [6, 6.07) is 3.17. The topological polar surface area (TPSA) is 112 Å². The van der Waals surface area contributed by atoms with Gasteiger partial charge in [0.1, 0.15) is 0 Å². The van der Waals surface area contributed by atoms with Crippen LogP contribution in [0.25, 0.3) is 0 Å². The molecular weight excluding hydrogens is 276 g/mol. The zero-order chi connectivity index (χ0) is 14.0. The number of carbonyl (C=O) groups is 2. The molecule has 0 radical (unpaired) electrons. The number of hydrogen-bond donors (Lipinski definition) is 2. The molecule has 1 rings (SSSR count). The molecule has 0 aromatic carbocycles. The van der Waals surface area contributed by atoms with Gasteiger partial charge in [-0.25, -0.2) is 9.78 Å². The van der Waals surface area contributed by atoms with Crippen LogP contribution >= 0.6 is 12.4 Å². The van der Waals surface area contributed by atoms with Gasteiger partial charge in [0.2, 0.25) is 0 Å². The van der Waals surface area contributed by atoms with Crippen LogP contribution in [0, 0.1) is 0 Å². The summed E-state index contributed by atoms with van der Waals surface area (Å²) in [7, 11) is 1.41. The molecule has 3 N–H and O–H groups in total. The number of ether oxygens (including phenoxy) is 2. The molecule has 1 aromatic heterocycles. The summed E-state index contributed by atoms with van der Waals surface area (Å²) in [6.07, 6.45) is 1.41. The molecule has 0 aliphatic rings. The molecule has 0 bridgehead atoms. The molecule has 0 saturated heterocycles. The number of carbonyl (C=O) groups excluding carboxylic acids is 1. The van der Waals surface area contributed by atoms with Gasteiger partial charge >= 0.3 is 11.9 Å². The van der Waals surface area contributed by atoms with E-state index in [1.165, 1.54) is 13.3 Å². The number of halogens is 1. The zero-order valence-corrected chi connectivity index (χ0v) is 11.5. The predicted octanol–water partition coefficient (Wildman–Crippen LogP) is 0.718. The van der Waals surface area contributed by atoms with Gasteiger partial charge in [0.05, 0.1) is 20.3 Å². The van der Waals surface area contributed by atoms with Gasteiger partial charge in [-0.15, -0.1) is 12.4 Å². The molecule has 7 nitrogen and oxygen atoms in total. The fraction of sp³-hybridized carbons (Fsp3) is 0.364. The molecule has 0 fully saturated rings. The van der Waals surface area contributed by atoms with Gasteiger partial charge < -0.3 is 20.3 Å². The molecule has 0 amide bonds. The van der Waals surface area contributed by atoms with Crippen molar-refractivity contribution in [2.75, 3.05) is 20.3 Å². The van der Waals surface area contributed by atoms with Gasteiger partial charge in [0.15, 0.2) is 11.4 Å². The normalized spacial score (nSPS) is 8.37. The van der Waals surface area contributed by atoms with Crippen LogP contribution in [0.1, 0.15) is 17.4 Å². The fourth-order valence-electron chi connectivity index (χ4n) is 0.936. The highest BCUT2D eigenvalue weighted by Gasteiger charge is 2.09. The molecule has 0 aliphatic heterocycles. The third kappa shape index (κ3) is 7.96. The Labute approximate surface area is 117 Å². The molecule has 0 saturated carbocycles. The van der Waals surface area contributed by atoms with Crippen LogP contribution in [0.3, 0.4) is 0 Å². The van der Waals surface area contributed by atoms with E-state index in [-0.39, 0.29) is 36.4 Å². The molecule has 0 atom stereocenters. The number of aromatic nitrogens is 1. The van der Waals surface area contributed by atoms with Crippen molar-refractivity contribution >= 4 is 24.3 Å². The number of nitrogens with two attached hydrogens (primary N) is 1. The minimum absolute atomic E-state index is 0. The molecule has 0 spiro atoms. The van der Waals surface area contributed by atoms with E-state index >= 15 is 0 Å². The summed E-state index contributed by atoms with van der Waals surface area (Å²) < 4.78 is 9.19. The molecule has 1 heterocycles. The average Bonchev–Trinajstić information content (AvgIpc) is 2.39. The van der Waals surface area contributed by atoms with E-state index in [0.29, 0.717) is 6.61 Å². The van der Waals surface area contributed by atoms with E-state index in [0.717, 1.165) is 0 Å². The first-order chi connectivity index (χ1) is 8.56. The number of nitrogens with zero attached hydrogens (tertiary/aromatic N) is 1. The van der Waals surface area contributed by atoms with Crippen molar-refractivity contribution in [2.24, 2.45) is 5.73 Å². The summed E-state index contributed by atoms with van der Waals surface area (Å²) in [5.41, 5.74) is 4.82. The van der Waals surface area contributed by atoms with Gasteiger partial charge in [-0.1, -0.05) is 0 Å². The molecule has 108 valence electrons. The lowest BCUT2D eigenvalue weighted by molar-refractivity contribution is -0.141. The third-order valence-corrected chi connectivity index (χ3v) is 1.67. The number of rotatable bonds is 4. The molecule has 19 heavy (non-hydrogen) atoms. The average molecular weight is 293 g/mol. The van der Waals surface area contributed by atoms with E-state index in [2.05, 4.69) is 9.72 Å². The van der Waals surface area contributed by atoms with Crippen LogP contribution in [0.2, 0.25) is 0 Å². The lowest BCUT2D eigenvalue weighted by atomic mass is 10.3. The Kier molecular flexibility index (Phi) is 11.5. The predicted molar refractivity (Wildman–Crippen MR) is 70.7 cm³/mol. The Morgan fingerprint density at radius 3 is 2.42 bits per heavy atom. The van der Waals surface area contributed by atoms with Gasteiger partial charge in [0.25, 0.3) is 0 Å². The maximum atomic E-state index is 10.4. The lowest BCUT2D eigenvalue weighted by Gasteiger charge is -2.00. The number of esters is 1. The summed E-state index contributed by atoms with van der Waals surface area (Å²) in [6.45, 7) is 2.14.